The van der Waals surface area contributed by atoms with E-state index in [-0.39, 0.29) is 0 Å². The van der Waals surface area contributed by atoms with Gasteiger partial charge in [-0.15, -0.1) is 0 Å². The molecule has 0 saturated carbocycles. The molecule has 0 radical (unpaired) electrons. The van der Waals surface area contributed by atoms with Gasteiger partial charge in [-0.3, -0.25) is 9.59 Å². The van der Waals surface area contributed by atoms with Gasteiger partial charge in [0.15, 0.2) is 6.67 Å². The molecule has 0 atom stereocenters. The Morgan fingerprint density at radius 2 is 0.821 bits per heavy atom. The summed E-state index contributed by atoms with van der Waals surface area (Å²) in [4.78, 5) is 20.7. The third-order valence-corrected chi connectivity index (χ3v) is 2.95. The molecule has 0 bridgehead atoms. The largest absolute Gasteiger partial charge is 0.458 e. The Labute approximate surface area is 141 Å². The second-order valence-corrected chi connectivity index (χ2v) is 4.87. The molecule has 0 rings (SSSR count). The van der Waals surface area contributed by atoms with Crippen LogP contribution in [0.1, 0.15) is 0 Å². The molecule has 0 amide bonds. The van der Waals surface area contributed by atoms with Crippen molar-refractivity contribution in [3.63, 3.8) is 0 Å². The van der Waals surface area contributed by atoms with Crippen molar-refractivity contribution >= 4 is 11.6 Å². The van der Waals surface area contributed by atoms with Gasteiger partial charge < -0.3 is 0 Å². The maximum Gasteiger partial charge on any atom is 0.458 e. The van der Waals surface area contributed by atoms with Crippen LogP contribution in [0.5, 0.6) is 0 Å². The number of rotatable bonds is 8. The fraction of sp³-hybridized carbons (Fsp3) is 0.800. The first kappa shape index (κ1) is 26.2. The lowest BCUT2D eigenvalue weighted by molar-refractivity contribution is -0.420. The summed E-state index contributed by atoms with van der Waals surface area (Å²) in [6, 6.07) is 0. The van der Waals surface area contributed by atoms with Crippen LogP contribution in [0, 0.1) is 0 Å². The predicted molar refractivity (Wildman–Crippen MR) is 51.7 cm³/mol. The molecular weight excluding hydrogens is 456 g/mol. The Balaban J connectivity index is 6.53. The van der Waals surface area contributed by atoms with Gasteiger partial charge in [0.2, 0.25) is 0 Å². The Morgan fingerprint density at radius 1 is 0.500 bits per heavy atom. The van der Waals surface area contributed by atoms with Crippen molar-refractivity contribution in [2.75, 3.05) is 6.67 Å². The van der Waals surface area contributed by atoms with Gasteiger partial charge in [0.05, 0.1) is 0 Å². The SMILES string of the molecule is O=C(C(=O)C(F)(F)C(F)(F)C(F)(F)C(F)(F)C(F)(F)C(F)(F)CF)C(F)(F)F. The summed E-state index contributed by atoms with van der Waals surface area (Å²) in [6.07, 6.45) is -6.72. The summed E-state index contributed by atoms with van der Waals surface area (Å²) in [5.74, 6) is -56.5. The van der Waals surface area contributed by atoms with E-state index in [0.717, 1.165) is 0 Å². The van der Waals surface area contributed by atoms with Gasteiger partial charge in [0.25, 0.3) is 5.78 Å². The number of Topliss-reactive ketones (excluding diaryl/α,β-unsaturated/α-hetero) is 2. The van der Waals surface area contributed by atoms with Gasteiger partial charge in [-0.1, -0.05) is 0 Å². The summed E-state index contributed by atoms with van der Waals surface area (Å²) in [5.41, 5.74) is 0. The molecule has 0 heterocycles. The number of halogens is 16. The maximum atomic E-state index is 13.1. The molecule has 0 unspecified atom stereocenters. The Kier molecular flexibility index (Phi) is 6.21. The number of alkyl halides is 16. The molecule has 0 fully saturated rings. The van der Waals surface area contributed by atoms with E-state index in [1.54, 1.807) is 0 Å². The molecule has 0 aromatic heterocycles. The average Bonchev–Trinajstić information content (AvgIpc) is 2.51. The normalized spacial score (nSPS) is 15.6. The van der Waals surface area contributed by atoms with Crippen LogP contribution >= 0.6 is 0 Å². The Bertz CT molecular complexity index is 630. The topological polar surface area (TPSA) is 34.1 Å². The molecule has 0 aromatic rings. The molecule has 0 spiro atoms. The van der Waals surface area contributed by atoms with Crippen molar-refractivity contribution in [2.45, 2.75) is 41.7 Å². The van der Waals surface area contributed by atoms with E-state index in [2.05, 4.69) is 0 Å². The van der Waals surface area contributed by atoms with Crippen molar-refractivity contribution in [1.82, 2.24) is 0 Å². The molecule has 0 saturated heterocycles. The average molecular weight is 458 g/mol. The van der Waals surface area contributed by atoms with E-state index in [0.29, 0.717) is 0 Å². The van der Waals surface area contributed by atoms with Crippen LogP contribution in [0.4, 0.5) is 70.2 Å². The summed E-state index contributed by atoms with van der Waals surface area (Å²) in [6.45, 7) is -3.89. The van der Waals surface area contributed by atoms with Gasteiger partial charge in [-0.2, -0.15) is 65.9 Å². The van der Waals surface area contributed by atoms with Crippen molar-refractivity contribution in [3.05, 3.63) is 0 Å². The van der Waals surface area contributed by atoms with Crippen LogP contribution in [0.15, 0.2) is 0 Å². The molecule has 0 aliphatic rings. The highest BCUT2D eigenvalue weighted by molar-refractivity contribution is 6.42. The summed E-state index contributed by atoms with van der Waals surface area (Å²) >= 11 is 0. The van der Waals surface area contributed by atoms with E-state index in [1.807, 2.05) is 0 Å². The minimum absolute atomic E-state index is 3.89. The van der Waals surface area contributed by atoms with Gasteiger partial charge >= 0.3 is 47.5 Å². The van der Waals surface area contributed by atoms with Crippen LogP contribution in [0.25, 0.3) is 0 Å². The lowest BCUT2D eigenvalue weighted by Crippen LogP contribution is -2.72. The zero-order chi connectivity index (χ0) is 23.4. The zero-order valence-corrected chi connectivity index (χ0v) is 12.1. The third-order valence-electron chi connectivity index (χ3n) is 2.95. The van der Waals surface area contributed by atoms with E-state index >= 15 is 0 Å². The molecule has 28 heavy (non-hydrogen) atoms. The highest BCUT2D eigenvalue weighted by Gasteiger charge is 2.91. The molecule has 0 aromatic carbocycles. The number of carbonyl (C=O) groups is 2. The zero-order valence-electron chi connectivity index (χ0n) is 12.1. The number of carbonyl (C=O) groups excluding carboxylic acids is 2. The van der Waals surface area contributed by atoms with E-state index in [4.69, 9.17) is 0 Å². The lowest BCUT2D eigenvalue weighted by atomic mass is 9.89. The van der Waals surface area contributed by atoms with E-state index in [1.165, 1.54) is 0 Å². The van der Waals surface area contributed by atoms with Crippen molar-refractivity contribution < 1.29 is 79.8 Å². The second kappa shape index (κ2) is 6.64. The third kappa shape index (κ3) is 3.37. The minimum Gasteiger partial charge on any atom is -0.283 e. The standard InChI is InChI=1S/C10H2F16O2/c11-1-4(12,13)7(19,20)9(23,24)10(25,26)8(21,22)5(14,15)2(27)3(28)6(16,17)18/h1H2. The first-order valence-corrected chi connectivity index (χ1v) is 5.86. The molecule has 0 N–H and O–H groups in total. The first-order valence-electron chi connectivity index (χ1n) is 5.86. The second-order valence-electron chi connectivity index (χ2n) is 4.87. The Morgan fingerprint density at radius 3 is 1.11 bits per heavy atom. The number of ketones is 2. The molecule has 0 aliphatic heterocycles. The fourth-order valence-corrected chi connectivity index (χ4v) is 1.32. The van der Waals surface area contributed by atoms with E-state index < -0.39 is 60.0 Å². The van der Waals surface area contributed by atoms with Crippen LogP contribution in [0.3, 0.4) is 0 Å². The fourth-order valence-electron chi connectivity index (χ4n) is 1.32. The lowest BCUT2D eigenvalue weighted by Gasteiger charge is -2.40. The minimum atomic E-state index is -8.40. The molecular formula is C10H2F16O2. The summed E-state index contributed by atoms with van der Waals surface area (Å²) in [7, 11) is 0. The predicted octanol–water partition coefficient (Wildman–Crippen LogP) is 4.47. The molecule has 166 valence electrons. The smallest absolute Gasteiger partial charge is 0.283 e. The van der Waals surface area contributed by atoms with E-state index in [9.17, 15) is 79.8 Å². The number of hydrogen-bond acceptors (Lipinski definition) is 2. The van der Waals surface area contributed by atoms with Gasteiger partial charge in [0.1, 0.15) is 0 Å². The first-order chi connectivity index (χ1) is 11.9. The van der Waals surface area contributed by atoms with Crippen LogP contribution in [0.2, 0.25) is 0 Å². The van der Waals surface area contributed by atoms with Crippen molar-refractivity contribution in [1.29, 1.82) is 0 Å². The van der Waals surface area contributed by atoms with Crippen molar-refractivity contribution in [3.8, 4) is 0 Å². The number of hydrogen-bond donors (Lipinski definition) is 0. The van der Waals surface area contributed by atoms with Gasteiger partial charge in [-0.25, -0.2) is 4.39 Å². The quantitative estimate of drug-likeness (QED) is 0.398. The highest BCUT2D eigenvalue weighted by Crippen LogP contribution is 2.60. The van der Waals surface area contributed by atoms with Crippen LogP contribution in [-0.4, -0.2) is 60.0 Å². The highest BCUT2D eigenvalue weighted by atomic mass is 19.4. The van der Waals surface area contributed by atoms with Crippen LogP contribution < -0.4 is 0 Å². The maximum absolute atomic E-state index is 13.1. The van der Waals surface area contributed by atoms with Crippen LogP contribution in [-0.2, 0) is 9.59 Å². The van der Waals surface area contributed by atoms with Gasteiger partial charge in [0, 0.05) is 0 Å². The summed E-state index contributed by atoms with van der Waals surface area (Å²) < 4.78 is 202. The van der Waals surface area contributed by atoms with Gasteiger partial charge in [-0.05, 0) is 0 Å². The summed E-state index contributed by atoms with van der Waals surface area (Å²) in [5, 5.41) is 0. The van der Waals surface area contributed by atoms with Crippen molar-refractivity contribution in [2.24, 2.45) is 0 Å². The Hall–Kier alpha value is -1.78. The monoisotopic (exact) mass is 458 g/mol. The molecule has 0 aliphatic carbocycles. The molecule has 2 nitrogen and oxygen atoms in total. The molecule has 18 heteroatoms.